The maximum atomic E-state index is 11.3. The Morgan fingerprint density at radius 1 is 0.667 bits per heavy atom. The van der Waals surface area contributed by atoms with Crippen LogP contribution in [0.4, 0.5) is 0 Å². The van der Waals surface area contributed by atoms with Crippen molar-refractivity contribution in [2.45, 2.75) is 86.5 Å². The first kappa shape index (κ1) is 42.9. The summed E-state index contributed by atoms with van der Waals surface area (Å²) in [5.74, 6) is -2.13. The first-order valence-corrected chi connectivity index (χ1v) is 13.7. The summed E-state index contributed by atoms with van der Waals surface area (Å²) in [4.78, 5) is 65.2. The van der Waals surface area contributed by atoms with E-state index in [1.54, 1.807) is 0 Å². The van der Waals surface area contributed by atoms with Gasteiger partial charge in [-0.05, 0) is 12.5 Å². The fourth-order valence-corrected chi connectivity index (χ4v) is 2.41. The van der Waals surface area contributed by atoms with Gasteiger partial charge in [-0.2, -0.15) is 0 Å². The van der Waals surface area contributed by atoms with Crippen LogP contribution in [-0.2, 0) is 28.8 Å². The fourth-order valence-electron chi connectivity index (χ4n) is 2.41. The van der Waals surface area contributed by atoms with E-state index in [4.69, 9.17) is 11.5 Å². The minimum Gasteiger partial charge on any atom is -0.368 e. The van der Waals surface area contributed by atoms with E-state index in [9.17, 15) is 28.8 Å². The first-order chi connectivity index (χ1) is 18.5. The van der Waals surface area contributed by atoms with Crippen LogP contribution in [0.5, 0.6) is 0 Å². The third-order valence-corrected chi connectivity index (χ3v) is 4.04. The average molecular weight is 562 g/mol. The van der Waals surface area contributed by atoms with E-state index >= 15 is 0 Å². The molecule has 0 bridgehead atoms. The molecule has 1 saturated carbocycles. The Labute approximate surface area is 234 Å². The number of nitrogens with two attached hydrogens (primary N) is 2. The summed E-state index contributed by atoms with van der Waals surface area (Å²) in [7, 11) is 0. The Balaban J connectivity index is -0.000000308. The number of hydrogen-bond donors (Lipinski definition) is 7. The van der Waals surface area contributed by atoms with Crippen molar-refractivity contribution < 1.29 is 28.8 Å². The Hall–Kier alpha value is -3.22. The smallest absolute Gasteiger partial charge is 0.239 e. The third kappa shape index (κ3) is 45.1. The van der Waals surface area contributed by atoms with Crippen molar-refractivity contribution in [3.05, 3.63) is 0 Å². The lowest BCUT2D eigenvalue weighted by Crippen LogP contribution is -2.45. The predicted octanol–water partition coefficient (Wildman–Crippen LogP) is 0.0667. The molecule has 0 unspecified atom stereocenters. The lowest BCUT2D eigenvalue weighted by atomic mass is 9.91. The second kappa shape index (κ2) is 34.8. The highest BCUT2D eigenvalue weighted by Crippen LogP contribution is 2.22. The molecule has 0 aliphatic heterocycles. The third-order valence-electron chi connectivity index (χ3n) is 4.04. The van der Waals surface area contributed by atoms with Gasteiger partial charge in [0.25, 0.3) is 0 Å². The number of carbonyl (C=O) groups excluding carboxylic acids is 6. The Bertz CT molecular complexity index is 638. The van der Waals surface area contributed by atoms with Gasteiger partial charge in [-0.15, -0.1) is 0 Å². The zero-order valence-electron chi connectivity index (χ0n) is 25.0. The number of rotatable bonds is 11. The molecular formula is C26H55N7O6. The van der Waals surface area contributed by atoms with Crippen LogP contribution in [0.2, 0.25) is 0 Å². The van der Waals surface area contributed by atoms with Crippen molar-refractivity contribution in [3.8, 4) is 0 Å². The molecule has 230 valence electrons. The van der Waals surface area contributed by atoms with Crippen molar-refractivity contribution in [1.29, 1.82) is 0 Å². The standard InChI is InChI=1S/C11H18N6O6.C7H14.2C3H8.C2H7N/c12-7(19)1-14-9(21)3-16-11(23)5-17-10(22)4-15-8(20)2-13-6-18;1-7-5-3-2-4-6-7;2*1-3-2;1-2-3/h6H,1-5H2,(H2,12,19)(H,13,18)(H,14,21)(H,15,20)(H,16,23)(H,17,22);7H,2-6H2,1H3;2*3H2,1-2H3;2-3H2,1H3. The quantitative estimate of drug-likeness (QED) is 0.172. The fraction of sp³-hybridized carbons (Fsp3) is 0.769. The van der Waals surface area contributed by atoms with Crippen LogP contribution >= 0.6 is 0 Å². The van der Waals surface area contributed by atoms with Gasteiger partial charge in [0.1, 0.15) is 0 Å². The van der Waals surface area contributed by atoms with Crippen LogP contribution in [-0.4, -0.2) is 75.2 Å². The van der Waals surface area contributed by atoms with Crippen LogP contribution in [0.3, 0.4) is 0 Å². The van der Waals surface area contributed by atoms with Gasteiger partial charge in [-0.1, -0.05) is 86.5 Å². The summed E-state index contributed by atoms with van der Waals surface area (Å²) < 4.78 is 0. The molecule has 0 aromatic carbocycles. The zero-order valence-corrected chi connectivity index (χ0v) is 25.0. The van der Waals surface area contributed by atoms with Crippen LogP contribution in [0.1, 0.15) is 86.5 Å². The van der Waals surface area contributed by atoms with E-state index in [0.717, 1.165) is 12.5 Å². The number of nitrogens with one attached hydrogen (secondary N) is 5. The molecule has 1 rings (SSSR count). The van der Waals surface area contributed by atoms with Crippen molar-refractivity contribution in [1.82, 2.24) is 26.6 Å². The molecule has 0 aromatic heterocycles. The van der Waals surface area contributed by atoms with Gasteiger partial charge in [-0.3, -0.25) is 28.8 Å². The summed E-state index contributed by atoms with van der Waals surface area (Å²) in [5.41, 5.74) is 9.66. The van der Waals surface area contributed by atoms with E-state index in [-0.39, 0.29) is 26.2 Å². The number of amides is 6. The molecule has 6 amide bonds. The molecule has 0 saturated heterocycles. The molecule has 0 heterocycles. The van der Waals surface area contributed by atoms with Crippen molar-refractivity contribution in [2.75, 3.05) is 39.3 Å². The maximum Gasteiger partial charge on any atom is 0.239 e. The molecule has 39 heavy (non-hydrogen) atoms. The lowest BCUT2D eigenvalue weighted by molar-refractivity contribution is -0.129. The molecule has 1 aliphatic carbocycles. The number of hydrogen-bond acceptors (Lipinski definition) is 7. The monoisotopic (exact) mass is 561 g/mol. The largest absolute Gasteiger partial charge is 0.368 e. The van der Waals surface area contributed by atoms with Crippen LogP contribution in [0, 0.1) is 5.92 Å². The van der Waals surface area contributed by atoms with Crippen molar-refractivity contribution >= 4 is 35.9 Å². The van der Waals surface area contributed by atoms with Crippen LogP contribution < -0.4 is 38.1 Å². The molecule has 0 atom stereocenters. The second-order valence-electron chi connectivity index (χ2n) is 8.64. The van der Waals surface area contributed by atoms with Gasteiger partial charge in [0.05, 0.1) is 32.7 Å². The summed E-state index contributed by atoms with van der Waals surface area (Å²) in [6.07, 6.45) is 10.3. The van der Waals surface area contributed by atoms with E-state index in [2.05, 4.69) is 61.2 Å². The van der Waals surface area contributed by atoms with Crippen LogP contribution in [0.15, 0.2) is 0 Å². The van der Waals surface area contributed by atoms with Gasteiger partial charge in [0, 0.05) is 0 Å². The molecule has 0 aromatic rings. The highest BCUT2D eigenvalue weighted by atomic mass is 16.2. The Morgan fingerprint density at radius 3 is 1.23 bits per heavy atom. The van der Waals surface area contributed by atoms with Crippen molar-refractivity contribution in [2.24, 2.45) is 17.4 Å². The van der Waals surface area contributed by atoms with Crippen LogP contribution in [0.25, 0.3) is 0 Å². The average Bonchev–Trinajstić information content (AvgIpc) is 2.89. The van der Waals surface area contributed by atoms with E-state index < -0.39 is 36.1 Å². The summed E-state index contributed by atoms with van der Waals surface area (Å²) in [5, 5.41) is 10.9. The number of primary amides is 1. The Morgan fingerprint density at radius 2 is 0.974 bits per heavy atom. The van der Waals surface area contributed by atoms with E-state index in [1.165, 1.54) is 44.9 Å². The zero-order chi connectivity index (χ0) is 30.9. The van der Waals surface area contributed by atoms with Crippen molar-refractivity contribution in [3.63, 3.8) is 0 Å². The first-order valence-electron chi connectivity index (χ1n) is 13.7. The summed E-state index contributed by atoms with van der Waals surface area (Å²) in [6, 6.07) is 0. The molecule has 1 fully saturated rings. The summed E-state index contributed by atoms with van der Waals surface area (Å²) in [6.45, 7) is 11.8. The minimum absolute atomic E-state index is 0.266. The van der Waals surface area contributed by atoms with Gasteiger partial charge in [0.15, 0.2) is 0 Å². The van der Waals surface area contributed by atoms with E-state index in [1.807, 2.05) is 6.92 Å². The van der Waals surface area contributed by atoms with Gasteiger partial charge >= 0.3 is 0 Å². The molecule has 13 nitrogen and oxygen atoms in total. The SMILES string of the molecule is CC1CCCCC1.CCC.CCC.CCN.NC(=O)CNC(=O)CNC(=O)CNC(=O)CNC(=O)CNC=O. The molecule has 13 heteroatoms. The molecule has 0 radical (unpaired) electrons. The predicted molar refractivity (Wildman–Crippen MR) is 154 cm³/mol. The summed E-state index contributed by atoms with van der Waals surface area (Å²) >= 11 is 0. The highest BCUT2D eigenvalue weighted by Gasteiger charge is 2.09. The maximum absolute atomic E-state index is 11.3. The lowest BCUT2D eigenvalue weighted by Gasteiger charge is -2.15. The van der Waals surface area contributed by atoms with Gasteiger partial charge in [0.2, 0.25) is 35.9 Å². The number of carbonyl (C=O) groups is 6. The second-order valence-corrected chi connectivity index (χ2v) is 8.64. The van der Waals surface area contributed by atoms with Gasteiger partial charge < -0.3 is 38.1 Å². The molecular weight excluding hydrogens is 506 g/mol. The molecule has 9 N–H and O–H groups in total. The molecule has 0 spiro atoms. The van der Waals surface area contributed by atoms with E-state index in [0.29, 0.717) is 6.41 Å². The molecule has 1 aliphatic rings. The Kier molecular flexibility index (Phi) is 38.2. The van der Waals surface area contributed by atoms with Gasteiger partial charge in [-0.25, -0.2) is 0 Å². The highest BCUT2D eigenvalue weighted by molar-refractivity contribution is 5.91. The topological polar surface area (TPSA) is 215 Å². The normalized spacial score (nSPS) is 11.4. The minimum atomic E-state index is -0.720.